The van der Waals surface area contributed by atoms with Crippen LogP contribution in [0.1, 0.15) is 47.6 Å². The van der Waals surface area contributed by atoms with Gasteiger partial charge in [0.25, 0.3) is 11.8 Å². The van der Waals surface area contributed by atoms with Gasteiger partial charge in [0.15, 0.2) is 5.76 Å². The van der Waals surface area contributed by atoms with E-state index >= 15 is 0 Å². The standard InChI is InChI=1S/C23H29N3O4/c1-16(2)15-24-22(28)20(25-21(27)18-7-4-3-5-8-18)17-10-12-26(13-11-17)23(29)19-9-6-14-30-19/h3-9,14,16-17,20H,10-13,15H2,1-2H3,(H,24,28)(H,25,27). The number of hydrogen-bond acceptors (Lipinski definition) is 4. The molecule has 1 aromatic heterocycles. The van der Waals surface area contributed by atoms with E-state index in [1.165, 1.54) is 6.26 Å². The highest BCUT2D eigenvalue weighted by molar-refractivity contribution is 5.97. The quantitative estimate of drug-likeness (QED) is 0.733. The van der Waals surface area contributed by atoms with Gasteiger partial charge in [0.2, 0.25) is 5.91 Å². The van der Waals surface area contributed by atoms with Gasteiger partial charge < -0.3 is 20.0 Å². The Kier molecular flexibility index (Phi) is 7.27. The summed E-state index contributed by atoms with van der Waals surface area (Å²) in [6.07, 6.45) is 2.73. The number of rotatable bonds is 7. The summed E-state index contributed by atoms with van der Waals surface area (Å²) in [5.41, 5.74) is 0.518. The average molecular weight is 412 g/mol. The van der Waals surface area contributed by atoms with E-state index < -0.39 is 6.04 Å². The van der Waals surface area contributed by atoms with Gasteiger partial charge in [-0.2, -0.15) is 0 Å². The molecule has 1 aliphatic rings. The van der Waals surface area contributed by atoms with Crippen LogP contribution in [0.2, 0.25) is 0 Å². The molecule has 0 radical (unpaired) electrons. The normalized spacial score (nSPS) is 15.6. The number of carbonyl (C=O) groups is 3. The van der Waals surface area contributed by atoms with E-state index in [9.17, 15) is 14.4 Å². The molecule has 1 atom stereocenters. The minimum absolute atomic E-state index is 0.0505. The van der Waals surface area contributed by atoms with Crippen LogP contribution in [0.5, 0.6) is 0 Å². The Bertz CT molecular complexity index is 841. The number of carbonyl (C=O) groups excluding carboxylic acids is 3. The number of nitrogens with one attached hydrogen (secondary N) is 2. The van der Waals surface area contributed by atoms with Crippen molar-refractivity contribution in [1.82, 2.24) is 15.5 Å². The SMILES string of the molecule is CC(C)CNC(=O)C(NC(=O)c1ccccc1)C1CCN(C(=O)c2ccco2)CC1. The third kappa shape index (κ3) is 5.49. The zero-order chi connectivity index (χ0) is 21.5. The maximum Gasteiger partial charge on any atom is 0.289 e. The van der Waals surface area contributed by atoms with E-state index in [1.54, 1.807) is 41.3 Å². The molecule has 0 aliphatic carbocycles. The predicted molar refractivity (Wildman–Crippen MR) is 113 cm³/mol. The van der Waals surface area contributed by atoms with Crippen LogP contribution in [0.4, 0.5) is 0 Å². The van der Waals surface area contributed by atoms with Crippen molar-refractivity contribution >= 4 is 17.7 Å². The van der Waals surface area contributed by atoms with Gasteiger partial charge in [0.1, 0.15) is 6.04 Å². The molecule has 1 fully saturated rings. The molecule has 2 N–H and O–H groups in total. The van der Waals surface area contributed by atoms with Crippen molar-refractivity contribution in [3.05, 3.63) is 60.1 Å². The zero-order valence-corrected chi connectivity index (χ0v) is 17.5. The van der Waals surface area contributed by atoms with Gasteiger partial charge in [-0.3, -0.25) is 14.4 Å². The first-order valence-corrected chi connectivity index (χ1v) is 10.4. The maximum atomic E-state index is 12.9. The highest BCUT2D eigenvalue weighted by atomic mass is 16.3. The Morgan fingerprint density at radius 1 is 1.07 bits per heavy atom. The fourth-order valence-electron chi connectivity index (χ4n) is 3.62. The van der Waals surface area contributed by atoms with E-state index in [0.717, 1.165) is 0 Å². The fourth-order valence-corrected chi connectivity index (χ4v) is 3.62. The second kappa shape index (κ2) is 10.1. The average Bonchev–Trinajstić information content (AvgIpc) is 3.31. The van der Waals surface area contributed by atoms with E-state index in [2.05, 4.69) is 10.6 Å². The van der Waals surface area contributed by atoms with Crippen LogP contribution in [0.3, 0.4) is 0 Å². The molecular formula is C23H29N3O4. The lowest BCUT2D eigenvalue weighted by atomic mass is 9.88. The number of likely N-dealkylation sites (tertiary alicyclic amines) is 1. The molecule has 1 aliphatic heterocycles. The summed E-state index contributed by atoms with van der Waals surface area (Å²) < 4.78 is 5.20. The monoisotopic (exact) mass is 411 g/mol. The minimum atomic E-state index is -0.641. The van der Waals surface area contributed by atoms with Crippen LogP contribution in [-0.4, -0.2) is 48.3 Å². The first kappa shape index (κ1) is 21.6. The van der Waals surface area contributed by atoms with Crippen molar-refractivity contribution in [1.29, 1.82) is 0 Å². The van der Waals surface area contributed by atoms with Crippen molar-refractivity contribution in [2.45, 2.75) is 32.7 Å². The lowest BCUT2D eigenvalue weighted by Crippen LogP contribution is -2.54. The van der Waals surface area contributed by atoms with E-state index in [1.807, 2.05) is 19.9 Å². The second-order valence-corrected chi connectivity index (χ2v) is 8.06. The molecule has 3 amide bonds. The molecule has 3 rings (SSSR count). The maximum absolute atomic E-state index is 12.9. The van der Waals surface area contributed by atoms with Crippen molar-refractivity contribution in [2.75, 3.05) is 19.6 Å². The summed E-state index contributed by atoms with van der Waals surface area (Å²) in [7, 11) is 0. The van der Waals surface area contributed by atoms with Crippen LogP contribution < -0.4 is 10.6 Å². The number of nitrogens with zero attached hydrogens (tertiary/aromatic N) is 1. The molecule has 0 saturated carbocycles. The van der Waals surface area contributed by atoms with Gasteiger partial charge in [0.05, 0.1) is 6.26 Å². The molecule has 2 heterocycles. The largest absolute Gasteiger partial charge is 0.459 e. The van der Waals surface area contributed by atoms with E-state index in [-0.39, 0.29) is 23.6 Å². The molecule has 2 aromatic rings. The van der Waals surface area contributed by atoms with Gasteiger partial charge in [-0.15, -0.1) is 0 Å². The number of benzene rings is 1. The fraction of sp³-hybridized carbons (Fsp3) is 0.435. The van der Waals surface area contributed by atoms with Gasteiger partial charge >= 0.3 is 0 Å². The molecular weight excluding hydrogens is 382 g/mol. The molecule has 7 nitrogen and oxygen atoms in total. The predicted octanol–water partition coefficient (Wildman–Crippen LogP) is 2.70. The van der Waals surface area contributed by atoms with Gasteiger partial charge in [0, 0.05) is 25.2 Å². The van der Waals surface area contributed by atoms with Crippen LogP contribution >= 0.6 is 0 Å². The van der Waals surface area contributed by atoms with Gasteiger partial charge in [-0.05, 0) is 48.9 Å². The highest BCUT2D eigenvalue weighted by Gasteiger charge is 2.34. The molecule has 1 unspecified atom stereocenters. The van der Waals surface area contributed by atoms with Crippen molar-refractivity contribution in [2.24, 2.45) is 11.8 Å². The van der Waals surface area contributed by atoms with E-state index in [0.29, 0.717) is 49.7 Å². The number of hydrogen-bond donors (Lipinski definition) is 2. The van der Waals surface area contributed by atoms with Crippen LogP contribution in [-0.2, 0) is 4.79 Å². The third-order valence-electron chi connectivity index (χ3n) is 5.32. The van der Waals surface area contributed by atoms with Gasteiger partial charge in [-0.1, -0.05) is 32.0 Å². The summed E-state index contributed by atoms with van der Waals surface area (Å²) in [6, 6.07) is 11.6. The number of piperidine rings is 1. The molecule has 7 heteroatoms. The Morgan fingerprint density at radius 2 is 1.77 bits per heavy atom. The summed E-state index contributed by atoms with van der Waals surface area (Å²) in [6.45, 7) is 5.62. The first-order valence-electron chi connectivity index (χ1n) is 10.4. The smallest absolute Gasteiger partial charge is 0.289 e. The van der Waals surface area contributed by atoms with Crippen LogP contribution in [0.25, 0.3) is 0 Å². The molecule has 160 valence electrons. The number of furan rings is 1. The molecule has 1 aromatic carbocycles. The lowest BCUT2D eigenvalue weighted by molar-refractivity contribution is -0.124. The summed E-state index contributed by atoms with van der Waals surface area (Å²) in [4.78, 5) is 39.8. The third-order valence-corrected chi connectivity index (χ3v) is 5.32. The molecule has 30 heavy (non-hydrogen) atoms. The Balaban J connectivity index is 1.66. The van der Waals surface area contributed by atoms with Crippen molar-refractivity contribution < 1.29 is 18.8 Å². The van der Waals surface area contributed by atoms with Gasteiger partial charge in [-0.25, -0.2) is 0 Å². The summed E-state index contributed by atoms with van der Waals surface area (Å²) in [5, 5.41) is 5.87. The van der Waals surface area contributed by atoms with Crippen molar-refractivity contribution in [3.8, 4) is 0 Å². The Morgan fingerprint density at radius 3 is 2.37 bits per heavy atom. The summed E-state index contributed by atoms with van der Waals surface area (Å²) >= 11 is 0. The van der Waals surface area contributed by atoms with Crippen LogP contribution in [0.15, 0.2) is 53.1 Å². The Labute approximate surface area is 176 Å². The summed E-state index contributed by atoms with van der Waals surface area (Å²) in [5.74, 6) is -0.0134. The molecule has 0 spiro atoms. The van der Waals surface area contributed by atoms with E-state index in [4.69, 9.17) is 4.42 Å². The topological polar surface area (TPSA) is 91.7 Å². The number of amides is 3. The van der Waals surface area contributed by atoms with Crippen LogP contribution in [0, 0.1) is 11.8 Å². The molecule has 1 saturated heterocycles. The van der Waals surface area contributed by atoms with Crippen molar-refractivity contribution in [3.63, 3.8) is 0 Å². The lowest BCUT2D eigenvalue weighted by Gasteiger charge is -2.35. The Hall–Kier alpha value is -3.09. The first-order chi connectivity index (χ1) is 14.5. The zero-order valence-electron chi connectivity index (χ0n) is 17.5. The minimum Gasteiger partial charge on any atom is -0.459 e. The highest BCUT2D eigenvalue weighted by Crippen LogP contribution is 2.23. The second-order valence-electron chi connectivity index (χ2n) is 8.06. The molecule has 0 bridgehead atoms.